The molecule has 2 aromatic carbocycles. The van der Waals surface area contributed by atoms with E-state index in [-0.39, 0.29) is 60.4 Å². The monoisotopic (exact) mass is 718 g/mol. The number of rotatable bonds is 14. The fourth-order valence-corrected chi connectivity index (χ4v) is 5.10. The molecule has 2 atom stereocenters. The summed E-state index contributed by atoms with van der Waals surface area (Å²) >= 11 is 13.6. The summed E-state index contributed by atoms with van der Waals surface area (Å²) in [5.41, 5.74) is 25.9. The molecule has 2 aromatic heterocycles. The molecule has 0 fully saturated rings. The molecule has 0 spiro atoms. The van der Waals surface area contributed by atoms with Crippen LogP contribution in [0.25, 0.3) is 0 Å². The van der Waals surface area contributed by atoms with Gasteiger partial charge in [-0.05, 0) is 24.3 Å². The summed E-state index contributed by atoms with van der Waals surface area (Å²) in [5.74, 6) is 2.96. The molecule has 0 aliphatic rings. The molecule has 0 radical (unpaired) electrons. The molecule has 0 bridgehead atoms. The quantitative estimate of drug-likeness (QED) is 0.0435. The van der Waals surface area contributed by atoms with Gasteiger partial charge in [0.15, 0.2) is 0 Å². The number of hydrogen-bond donors (Lipinski definition) is 6. The summed E-state index contributed by atoms with van der Waals surface area (Å²) in [5, 5.41) is -0.640. The molecule has 0 saturated heterocycles. The number of aryl methyl sites for hydroxylation is 2. The fourth-order valence-electron chi connectivity index (χ4n) is 4.27. The zero-order chi connectivity index (χ0) is 27.8. The second kappa shape index (κ2) is 19.6. The first-order valence-corrected chi connectivity index (χ1v) is 13.7. The maximum absolute atomic E-state index is 6.82. The standard InChI is InChI=1S/C27H34Cl2N8O2.4ClH/c28-20(26-34-7-11-36(26)9-1-13-38-24-15-18(30)3-5-22(24)32)17-21(29)27-35-8-12-37(27)10-2-14-39-25-16-19(31)4-6-23(25)33;;;;/h3-8,11-12,15-16,20-21H,1-2,9-10,13-14,17,30-33H2;4*1H/p+2. The molecule has 10 N–H and O–H groups in total. The Bertz CT molecular complexity index is 1270. The van der Waals surface area contributed by atoms with Crippen molar-refractivity contribution in [1.82, 2.24) is 9.97 Å². The largest absolute Gasteiger partial charge is 0.491 e. The minimum atomic E-state index is -0.320. The van der Waals surface area contributed by atoms with Crippen molar-refractivity contribution >= 4 is 95.6 Å². The van der Waals surface area contributed by atoms with E-state index in [2.05, 4.69) is 19.1 Å². The number of aromatic amines is 2. The van der Waals surface area contributed by atoms with Gasteiger partial charge in [-0.3, -0.25) is 0 Å². The number of imidazole rings is 2. The van der Waals surface area contributed by atoms with Gasteiger partial charge in [0.1, 0.15) is 47.0 Å². The highest BCUT2D eigenvalue weighted by atomic mass is 35.5. The number of alkyl halides is 2. The Labute approximate surface area is 286 Å². The lowest BCUT2D eigenvalue weighted by Crippen LogP contribution is -2.39. The Kier molecular flexibility index (Phi) is 18.4. The Morgan fingerprint density at radius 2 is 1.05 bits per heavy atom. The Hall–Kier alpha value is -2.60. The molecule has 4 aromatic rings. The lowest BCUT2D eigenvalue weighted by Gasteiger charge is -2.12. The molecule has 4 rings (SSSR count). The lowest BCUT2D eigenvalue weighted by atomic mass is 10.2. The molecular formula is C27H40Cl6N8O2+2. The van der Waals surface area contributed by atoms with Crippen molar-refractivity contribution in [2.75, 3.05) is 36.1 Å². The van der Waals surface area contributed by atoms with Crippen LogP contribution in [0.5, 0.6) is 11.5 Å². The van der Waals surface area contributed by atoms with E-state index in [1.165, 1.54) is 0 Å². The predicted octanol–water partition coefficient (Wildman–Crippen LogP) is 5.52. The number of aromatic nitrogens is 4. The molecule has 43 heavy (non-hydrogen) atoms. The van der Waals surface area contributed by atoms with Gasteiger partial charge in [-0.25, -0.2) is 19.1 Å². The second-order valence-corrected chi connectivity index (χ2v) is 10.3. The minimum Gasteiger partial charge on any atom is -0.491 e. The molecule has 0 amide bonds. The van der Waals surface area contributed by atoms with Gasteiger partial charge in [0, 0.05) is 42.8 Å². The SMILES string of the molecule is Cl.Cl.Cl.Cl.Nc1ccc(N)c(OCCC[n+]2cc[nH]c2C(Cl)CC(Cl)c2[nH]cc[n+]2CCCOc2cc(N)ccc2N)c1. The van der Waals surface area contributed by atoms with Crippen LogP contribution < -0.4 is 41.5 Å². The number of nitrogens with zero attached hydrogens (tertiary/aromatic N) is 2. The number of hydrogen-bond acceptors (Lipinski definition) is 6. The first-order chi connectivity index (χ1) is 18.8. The normalized spacial score (nSPS) is 11.6. The summed E-state index contributed by atoms with van der Waals surface area (Å²) in [6.07, 6.45) is 9.71. The highest BCUT2D eigenvalue weighted by molar-refractivity contribution is 6.23. The van der Waals surface area contributed by atoms with Crippen molar-refractivity contribution < 1.29 is 18.6 Å². The van der Waals surface area contributed by atoms with Crippen molar-refractivity contribution in [3.8, 4) is 11.5 Å². The predicted molar refractivity (Wildman–Crippen MR) is 184 cm³/mol. The Morgan fingerprint density at radius 1 is 0.651 bits per heavy atom. The molecule has 0 aliphatic carbocycles. The summed E-state index contributed by atoms with van der Waals surface area (Å²) in [4.78, 5) is 6.51. The van der Waals surface area contributed by atoms with Gasteiger partial charge in [0.05, 0.1) is 37.7 Å². The maximum atomic E-state index is 6.82. The number of halogens is 6. The average molecular weight is 721 g/mol. The van der Waals surface area contributed by atoms with E-state index in [1.807, 2.05) is 24.8 Å². The number of nitrogens with one attached hydrogen (secondary N) is 2. The van der Waals surface area contributed by atoms with E-state index in [0.717, 1.165) is 37.6 Å². The fraction of sp³-hybridized carbons (Fsp3) is 0.333. The number of H-pyrrole nitrogens is 2. The van der Waals surface area contributed by atoms with Gasteiger partial charge >= 0.3 is 0 Å². The number of benzene rings is 2. The van der Waals surface area contributed by atoms with Crippen LogP contribution in [0.15, 0.2) is 61.2 Å². The van der Waals surface area contributed by atoms with E-state index in [0.29, 0.717) is 53.9 Å². The number of ether oxygens (including phenoxy) is 2. The zero-order valence-corrected chi connectivity index (χ0v) is 28.1. The van der Waals surface area contributed by atoms with E-state index >= 15 is 0 Å². The highest BCUT2D eigenvalue weighted by Crippen LogP contribution is 2.32. The van der Waals surface area contributed by atoms with Crippen LogP contribution in [0.4, 0.5) is 22.7 Å². The zero-order valence-electron chi connectivity index (χ0n) is 23.3. The summed E-state index contributed by atoms with van der Waals surface area (Å²) in [6.45, 7) is 2.42. The summed E-state index contributed by atoms with van der Waals surface area (Å²) in [6, 6.07) is 10.4. The second-order valence-electron chi connectivity index (χ2n) is 9.25. The average Bonchev–Trinajstić information content (AvgIpc) is 3.58. The van der Waals surface area contributed by atoms with Gasteiger partial charge in [-0.2, -0.15) is 0 Å². The topological polar surface area (TPSA) is 162 Å². The lowest BCUT2D eigenvalue weighted by molar-refractivity contribution is -0.705. The first kappa shape index (κ1) is 40.4. The van der Waals surface area contributed by atoms with Crippen molar-refractivity contribution in [1.29, 1.82) is 0 Å². The van der Waals surface area contributed by atoms with Crippen LogP contribution in [0.2, 0.25) is 0 Å². The van der Waals surface area contributed by atoms with Crippen LogP contribution in [-0.4, -0.2) is 23.2 Å². The van der Waals surface area contributed by atoms with Gasteiger partial charge < -0.3 is 32.4 Å². The van der Waals surface area contributed by atoms with Crippen molar-refractivity contribution in [2.24, 2.45) is 0 Å². The van der Waals surface area contributed by atoms with Crippen molar-refractivity contribution in [2.45, 2.75) is 43.1 Å². The third-order valence-electron chi connectivity index (χ3n) is 6.27. The van der Waals surface area contributed by atoms with Crippen LogP contribution >= 0.6 is 72.8 Å². The number of nitrogens with two attached hydrogens (primary N) is 4. The minimum absolute atomic E-state index is 0. The maximum Gasteiger partial charge on any atom is 0.272 e. The van der Waals surface area contributed by atoms with Crippen molar-refractivity contribution in [3.63, 3.8) is 0 Å². The summed E-state index contributed by atoms with van der Waals surface area (Å²) in [7, 11) is 0. The highest BCUT2D eigenvalue weighted by Gasteiger charge is 2.29. The third-order valence-corrected chi connectivity index (χ3v) is 7.04. The molecule has 2 unspecified atom stereocenters. The molecule has 0 aliphatic heterocycles. The van der Waals surface area contributed by atoms with Crippen LogP contribution in [-0.2, 0) is 13.1 Å². The number of anilines is 4. The van der Waals surface area contributed by atoms with Gasteiger partial charge in [0.2, 0.25) is 0 Å². The van der Waals surface area contributed by atoms with E-state index in [1.54, 1.807) is 36.4 Å². The molecule has 16 heteroatoms. The van der Waals surface area contributed by atoms with Crippen LogP contribution in [0.3, 0.4) is 0 Å². The molecule has 10 nitrogen and oxygen atoms in total. The molecular weight excluding hydrogens is 681 g/mol. The van der Waals surface area contributed by atoms with Crippen LogP contribution in [0.1, 0.15) is 41.7 Å². The third kappa shape index (κ3) is 11.4. The van der Waals surface area contributed by atoms with E-state index in [4.69, 9.17) is 55.6 Å². The van der Waals surface area contributed by atoms with E-state index < -0.39 is 0 Å². The van der Waals surface area contributed by atoms with Crippen LogP contribution in [0, 0.1) is 0 Å². The van der Waals surface area contributed by atoms with Gasteiger partial charge in [-0.1, -0.05) is 0 Å². The number of nitrogen functional groups attached to an aromatic ring is 4. The van der Waals surface area contributed by atoms with Gasteiger partial charge in [-0.15, -0.1) is 72.8 Å². The Balaban J connectivity index is 0.00000441. The Morgan fingerprint density at radius 3 is 1.44 bits per heavy atom. The smallest absolute Gasteiger partial charge is 0.272 e. The molecule has 2 heterocycles. The molecule has 240 valence electrons. The first-order valence-electron chi connectivity index (χ1n) is 12.8. The van der Waals surface area contributed by atoms with Crippen molar-refractivity contribution in [3.05, 3.63) is 72.8 Å². The molecule has 0 saturated carbocycles. The van der Waals surface area contributed by atoms with E-state index in [9.17, 15) is 0 Å². The van der Waals surface area contributed by atoms with Gasteiger partial charge in [0.25, 0.3) is 11.6 Å². The summed E-state index contributed by atoms with van der Waals surface area (Å²) < 4.78 is 15.8.